The molecule has 0 saturated carbocycles. The molecule has 1 saturated heterocycles. The van der Waals surface area contributed by atoms with Crippen LogP contribution in [0.2, 0.25) is 0 Å². The smallest absolute Gasteiger partial charge is 0.433 e. The molecule has 7 rings (SSSR count). The molecule has 2 aromatic heterocycles. The summed E-state index contributed by atoms with van der Waals surface area (Å²) in [5.74, 6) is -0.351. The van der Waals surface area contributed by atoms with Crippen LogP contribution in [0.4, 0.5) is 17.6 Å². The second-order valence-corrected chi connectivity index (χ2v) is 9.98. The highest BCUT2D eigenvalue weighted by Crippen LogP contribution is 2.38. The number of fused-ring (bicyclic) bond motifs is 3. The van der Waals surface area contributed by atoms with E-state index in [0.717, 1.165) is 37.7 Å². The van der Waals surface area contributed by atoms with Crippen molar-refractivity contribution in [1.29, 1.82) is 0 Å². The van der Waals surface area contributed by atoms with Crippen molar-refractivity contribution < 1.29 is 22.3 Å². The highest BCUT2D eigenvalue weighted by atomic mass is 19.4. The first kappa shape index (κ1) is 25.4. The minimum Gasteiger partial charge on any atom is -0.464 e. The van der Waals surface area contributed by atoms with Gasteiger partial charge >= 0.3 is 12.2 Å². The number of allylic oxidation sites excluding steroid dienone is 2. The number of imidazole rings is 1. The van der Waals surface area contributed by atoms with Crippen LogP contribution >= 0.6 is 0 Å². The minimum absolute atomic E-state index is 0.0396. The van der Waals surface area contributed by atoms with Crippen LogP contribution in [0.1, 0.15) is 55.4 Å². The first-order valence-corrected chi connectivity index (χ1v) is 13.0. The number of halogens is 4. The van der Waals surface area contributed by atoms with E-state index in [2.05, 4.69) is 29.8 Å². The molecule has 2 aromatic rings. The summed E-state index contributed by atoms with van der Waals surface area (Å²) in [7, 11) is 0. The largest absolute Gasteiger partial charge is 0.464 e. The van der Waals surface area contributed by atoms with Crippen molar-refractivity contribution in [1.82, 2.24) is 19.4 Å². The van der Waals surface area contributed by atoms with Crippen LogP contribution in [0, 0.1) is 5.92 Å². The third-order valence-corrected chi connectivity index (χ3v) is 7.38. The van der Waals surface area contributed by atoms with Gasteiger partial charge in [-0.2, -0.15) is 18.2 Å². The van der Waals surface area contributed by atoms with Gasteiger partial charge in [0.25, 0.3) is 0 Å². The monoisotopic (exact) mass is 541 g/mol. The van der Waals surface area contributed by atoms with E-state index in [0.29, 0.717) is 29.1 Å². The molecule has 7 heterocycles. The molecule has 1 atom stereocenters. The number of piperidine rings is 1. The van der Waals surface area contributed by atoms with Crippen molar-refractivity contribution in [2.24, 2.45) is 20.9 Å². The molecule has 5 aliphatic heterocycles. The Labute approximate surface area is 221 Å². The molecule has 2 bridgehead atoms. The number of hydrogen-bond acceptors (Lipinski definition) is 7. The van der Waals surface area contributed by atoms with E-state index in [9.17, 15) is 17.6 Å². The number of ether oxygens (including phenoxy) is 1. The molecule has 0 aliphatic carbocycles. The molecule has 1 fully saturated rings. The number of aromatic nitrogens is 3. The van der Waals surface area contributed by atoms with Crippen LogP contribution in [-0.4, -0.2) is 57.9 Å². The lowest BCUT2D eigenvalue weighted by Gasteiger charge is -2.39. The van der Waals surface area contributed by atoms with Crippen molar-refractivity contribution >= 4 is 23.4 Å². The van der Waals surface area contributed by atoms with E-state index >= 15 is 0 Å². The molecule has 1 unspecified atom stereocenters. The Morgan fingerprint density at radius 3 is 2.59 bits per heavy atom. The van der Waals surface area contributed by atoms with E-state index in [1.165, 1.54) is 12.1 Å². The maximum atomic E-state index is 14.4. The first-order valence-electron chi connectivity index (χ1n) is 13.0. The minimum atomic E-state index is -4.68. The zero-order valence-corrected chi connectivity index (χ0v) is 21.5. The average molecular weight is 542 g/mol. The van der Waals surface area contributed by atoms with Gasteiger partial charge in [0.15, 0.2) is 5.49 Å². The Kier molecular flexibility index (Phi) is 6.35. The zero-order chi connectivity index (χ0) is 27.3. The fourth-order valence-corrected chi connectivity index (χ4v) is 5.53. The number of pyridine rings is 1. The molecule has 0 N–H and O–H groups in total. The lowest BCUT2D eigenvalue weighted by atomic mass is 9.84. The Morgan fingerprint density at radius 2 is 1.92 bits per heavy atom. The number of aliphatic imine (C=N–C) groups is 2. The van der Waals surface area contributed by atoms with Crippen molar-refractivity contribution in [3.05, 3.63) is 63.8 Å². The van der Waals surface area contributed by atoms with Gasteiger partial charge < -0.3 is 14.2 Å². The molecule has 0 amide bonds. The van der Waals surface area contributed by atoms with Crippen LogP contribution in [0.5, 0.6) is 0 Å². The average Bonchev–Trinajstić information content (AvgIpc) is 3.28. The van der Waals surface area contributed by atoms with Crippen LogP contribution in [0.3, 0.4) is 0 Å². The summed E-state index contributed by atoms with van der Waals surface area (Å²) in [5, 5.41) is 0. The number of alkyl halides is 3. The fourth-order valence-electron chi connectivity index (χ4n) is 5.53. The maximum absolute atomic E-state index is 14.4. The normalized spacial score (nSPS) is 22.3. The fraction of sp³-hybridized carbons (Fsp3) is 0.444. The van der Waals surface area contributed by atoms with Gasteiger partial charge in [-0.05, 0) is 50.3 Å². The zero-order valence-electron chi connectivity index (χ0n) is 21.5. The van der Waals surface area contributed by atoms with E-state index in [1.54, 1.807) is 24.5 Å². The van der Waals surface area contributed by atoms with Crippen molar-refractivity contribution in [3.63, 3.8) is 0 Å². The number of rotatable bonds is 4. The number of nitrogens with zero attached hydrogens (tertiary/aromatic N) is 7. The SMILES string of the molecule is CCOC1=NC(C)c2nc(=C3C=C(F)C=NC3)n(Cc3ccc(C4=CN5CCC4CC5)nc3C(F)(F)F)c2=N1. The third kappa shape index (κ3) is 4.76. The maximum Gasteiger partial charge on any atom is 0.433 e. The Bertz CT molecular complexity index is 1560. The molecule has 0 aromatic carbocycles. The Balaban J connectivity index is 1.51. The Morgan fingerprint density at radius 1 is 1.13 bits per heavy atom. The summed E-state index contributed by atoms with van der Waals surface area (Å²) in [6.45, 7) is 5.65. The lowest BCUT2D eigenvalue weighted by Crippen LogP contribution is -2.36. The molecule has 12 heteroatoms. The van der Waals surface area contributed by atoms with Gasteiger partial charge in [0.05, 0.1) is 37.6 Å². The first-order chi connectivity index (χ1) is 18.7. The van der Waals surface area contributed by atoms with Crippen LogP contribution < -0.4 is 11.0 Å². The van der Waals surface area contributed by atoms with Gasteiger partial charge in [-0.15, -0.1) is 0 Å². The van der Waals surface area contributed by atoms with Gasteiger partial charge in [0, 0.05) is 30.4 Å². The van der Waals surface area contributed by atoms with E-state index in [1.807, 2.05) is 6.20 Å². The predicted molar refractivity (Wildman–Crippen MR) is 137 cm³/mol. The quantitative estimate of drug-likeness (QED) is 0.555. The molecular weight excluding hydrogens is 514 g/mol. The highest BCUT2D eigenvalue weighted by molar-refractivity contribution is 5.83. The molecule has 204 valence electrons. The number of hydrogen-bond donors (Lipinski definition) is 0. The standard InChI is InChI=1S/C27H27F4N7O/c1-3-39-26-33-15(2)22-25(36-26)38(24(35-22)18-10-19(28)12-32-11-18)13-17-4-5-21(34-23(17)27(29,30)31)20-14-37-8-6-16(20)7-9-37/h4-5,10,12,14-16H,3,6-9,11,13H2,1-2H3. The highest BCUT2D eigenvalue weighted by Gasteiger charge is 2.37. The second-order valence-electron chi connectivity index (χ2n) is 9.98. The summed E-state index contributed by atoms with van der Waals surface area (Å²) in [4.78, 5) is 23.8. The Hall–Kier alpha value is -3.83. The molecule has 5 aliphatic rings. The van der Waals surface area contributed by atoms with Crippen molar-refractivity contribution in [3.8, 4) is 0 Å². The molecule has 39 heavy (non-hydrogen) atoms. The van der Waals surface area contributed by atoms with Crippen molar-refractivity contribution in [2.45, 2.75) is 45.5 Å². The van der Waals surface area contributed by atoms with Crippen molar-refractivity contribution in [2.75, 3.05) is 26.2 Å². The number of amidine groups is 1. The number of dihydropyridines is 1. The van der Waals surface area contributed by atoms with E-state index in [4.69, 9.17) is 4.74 Å². The van der Waals surface area contributed by atoms with Gasteiger partial charge in [-0.25, -0.2) is 19.4 Å². The van der Waals surface area contributed by atoms with E-state index < -0.39 is 23.7 Å². The molecule has 8 nitrogen and oxygen atoms in total. The molecule has 0 spiro atoms. The van der Waals surface area contributed by atoms with E-state index in [-0.39, 0.29) is 36.1 Å². The van der Waals surface area contributed by atoms with Gasteiger partial charge in [-0.3, -0.25) is 4.99 Å². The summed E-state index contributed by atoms with van der Waals surface area (Å²) < 4.78 is 64.4. The summed E-state index contributed by atoms with van der Waals surface area (Å²) in [6.07, 6.45) is 1.48. The third-order valence-electron chi connectivity index (χ3n) is 7.38. The topological polar surface area (TPSA) is 80.3 Å². The summed E-state index contributed by atoms with van der Waals surface area (Å²) in [6, 6.07) is 2.80. The summed E-state index contributed by atoms with van der Waals surface area (Å²) in [5.41, 5.74) is 1.71. The van der Waals surface area contributed by atoms with Gasteiger partial charge in [-0.1, -0.05) is 6.07 Å². The predicted octanol–water partition coefficient (Wildman–Crippen LogP) is 3.59. The lowest BCUT2D eigenvalue weighted by molar-refractivity contribution is -0.141. The van der Waals surface area contributed by atoms with Crippen LogP contribution in [0.25, 0.3) is 11.1 Å². The van der Waals surface area contributed by atoms with Gasteiger partial charge in [0.1, 0.15) is 22.7 Å². The van der Waals surface area contributed by atoms with Gasteiger partial charge in [0.2, 0.25) is 0 Å². The molecule has 0 radical (unpaired) electrons. The second kappa shape index (κ2) is 9.73. The molecular formula is C27H27F4N7O. The summed E-state index contributed by atoms with van der Waals surface area (Å²) >= 11 is 0. The van der Waals surface area contributed by atoms with Crippen LogP contribution in [0.15, 0.2) is 45.2 Å². The van der Waals surface area contributed by atoms with Crippen LogP contribution in [-0.2, 0) is 17.5 Å².